The second-order valence-electron chi connectivity index (χ2n) is 10.6. The molecule has 5 atom stereocenters. The number of ether oxygens (including phenoxy) is 1. The van der Waals surface area contributed by atoms with Gasteiger partial charge in [0.05, 0.1) is 18.5 Å². The number of oxime groups is 2. The standard InChI is InChI=1S/C27H34N2O3/c1-26-12-10-20(28-30)16-19(26)6-9-22-23(26)11-13-27(2)24(22)15-18(25(27)29-31)14-17-4-7-21(32-3)8-5-17/h4-5,7-8,14,16,22-24,30-31H,6,9-13,15H2,1-3H3/b18-14+,28-20+,29-25+/t22-,23+,24+,26+,27+/m1/s1. The highest BCUT2D eigenvalue weighted by Gasteiger charge is 2.59. The van der Waals surface area contributed by atoms with Crippen molar-refractivity contribution in [2.75, 3.05) is 7.11 Å². The number of hydrogen-bond acceptors (Lipinski definition) is 5. The molecule has 1 aromatic rings. The van der Waals surface area contributed by atoms with Crippen LogP contribution in [0, 0.1) is 28.6 Å². The Hall–Kier alpha value is -2.56. The van der Waals surface area contributed by atoms with Crippen LogP contribution in [0.3, 0.4) is 0 Å². The fourth-order valence-electron chi connectivity index (χ4n) is 7.55. The van der Waals surface area contributed by atoms with Crippen molar-refractivity contribution in [3.05, 3.63) is 47.1 Å². The SMILES string of the molecule is COc1ccc(/C=C2\C[C@H]3[C@@H]4CCC5=C/C(=N/O)CC[C@]5(C)[C@H]4CC[C@]3(C)\C2=N\O)cc1. The molecular weight excluding hydrogens is 400 g/mol. The molecule has 0 aliphatic heterocycles. The van der Waals surface area contributed by atoms with E-state index < -0.39 is 0 Å². The van der Waals surface area contributed by atoms with Gasteiger partial charge in [0, 0.05) is 5.41 Å². The minimum Gasteiger partial charge on any atom is -0.497 e. The lowest BCUT2D eigenvalue weighted by molar-refractivity contribution is -0.0151. The summed E-state index contributed by atoms with van der Waals surface area (Å²) in [4.78, 5) is 0. The van der Waals surface area contributed by atoms with E-state index in [1.54, 1.807) is 7.11 Å². The zero-order valence-corrected chi connectivity index (χ0v) is 19.3. The zero-order chi connectivity index (χ0) is 22.5. The predicted octanol–water partition coefficient (Wildman–Crippen LogP) is 6.31. The molecule has 0 amide bonds. The van der Waals surface area contributed by atoms with Crippen molar-refractivity contribution in [1.82, 2.24) is 0 Å². The van der Waals surface area contributed by atoms with Crippen molar-refractivity contribution in [2.45, 2.75) is 58.8 Å². The van der Waals surface area contributed by atoms with Gasteiger partial charge < -0.3 is 15.2 Å². The van der Waals surface area contributed by atoms with E-state index in [1.807, 2.05) is 12.1 Å². The quantitative estimate of drug-likeness (QED) is 0.423. The Morgan fingerprint density at radius 1 is 0.969 bits per heavy atom. The van der Waals surface area contributed by atoms with E-state index in [9.17, 15) is 10.4 Å². The first-order chi connectivity index (χ1) is 15.4. The van der Waals surface area contributed by atoms with Gasteiger partial charge in [0.25, 0.3) is 0 Å². The maximum Gasteiger partial charge on any atom is 0.118 e. The Balaban J connectivity index is 1.47. The monoisotopic (exact) mass is 434 g/mol. The maximum absolute atomic E-state index is 10.1. The Labute approximate surface area is 190 Å². The van der Waals surface area contributed by atoms with Crippen molar-refractivity contribution in [1.29, 1.82) is 0 Å². The molecule has 5 nitrogen and oxygen atoms in total. The van der Waals surface area contributed by atoms with Crippen LogP contribution in [0.15, 0.2) is 51.8 Å². The number of rotatable bonds is 2. The van der Waals surface area contributed by atoms with Crippen molar-refractivity contribution in [3.8, 4) is 5.75 Å². The molecule has 0 spiro atoms. The summed E-state index contributed by atoms with van der Waals surface area (Å²) in [5, 5.41) is 26.7. The second-order valence-corrected chi connectivity index (χ2v) is 10.6. The largest absolute Gasteiger partial charge is 0.497 e. The first-order valence-electron chi connectivity index (χ1n) is 11.9. The molecule has 3 saturated carbocycles. The van der Waals surface area contributed by atoms with Crippen LogP contribution in [0.4, 0.5) is 0 Å². The normalized spacial score (nSPS) is 40.0. The van der Waals surface area contributed by atoms with Gasteiger partial charge >= 0.3 is 0 Å². The Morgan fingerprint density at radius 3 is 2.44 bits per heavy atom. The number of allylic oxidation sites excluding steroid dienone is 3. The van der Waals surface area contributed by atoms with Crippen LogP contribution in [0.5, 0.6) is 5.75 Å². The highest BCUT2D eigenvalue weighted by atomic mass is 16.5. The molecule has 0 radical (unpaired) electrons. The summed E-state index contributed by atoms with van der Waals surface area (Å²) in [5.74, 6) is 2.62. The first kappa shape index (κ1) is 21.3. The summed E-state index contributed by atoms with van der Waals surface area (Å²) in [7, 11) is 1.68. The topological polar surface area (TPSA) is 74.4 Å². The van der Waals surface area contributed by atoms with Crippen molar-refractivity contribution >= 4 is 17.5 Å². The molecule has 0 saturated heterocycles. The van der Waals surface area contributed by atoms with Gasteiger partial charge in [0.15, 0.2) is 0 Å². The molecule has 3 fully saturated rings. The summed E-state index contributed by atoms with van der Waals surface area (Å²) in [6, 6.07) is 8.08. The van der Waals surface area contributed by atoms with Gasteiger partial charge in [-0.25, -0.2) is 0 Å². The molecular formula is C27H34N2O3. The first-order valence-corrected chi connectivity index (χ1v) is 11.9. The Kier molecular flexibility index (Phi) is 5.18. The Bertz CT molecular complexity index is 1020. The maximum atomic E-state index is 10.1. The van der Waals surface area contributed by atoms with E-state index in [1.165, 1.54) is 17.6 Å². The molecule has 5 rings (SSSR count). The average Bonchev–Trinajstić information content (AvgIpc) is 3.10. The van der Waals surface area contributed by atoms with Gasteiger partial charge in [0.1, 0.15) is 5.75 Å². The smallest absolute Gasteiger partial charge is 0.118 e. The molecule has 4 aliphatic rings. The molecule has 0 heterocycles. The zero-order valence-electron chi connectivity index (χ0n) is 19.3. The van der Waals surface area contributed by atoms with Gasteiger partial charge in [0.2, 0.25) is 0 Å². The van der Waals surface area contributed by atoms with Crippen molar-refractivity contribution in [3.63, 3.8) is 0 Å². The third-order valence-electron chi connectivity index (χ3n) is 9.34. The molecule has 0 bridgehead atoms. The lowest BCUT2D eigenvalue weighted by Crippen LogP contribution is -2.50. The number of fused-ring (bicyclic) bond motifs is 5. The second kappa shape index (κ2) is 7.79. The Morgan fingerprint density at radius 2 is 1.75 bits per heavy atom. The minimum atomic E-state index is -0.0712. The van der Waals surface area contributed by atoms with Gasteiger partial charge in [-0.3, -0.25) is 0 Å². The third kappa shape index (κ3) is 3.12. The van der Waals surface area contributed by atoms with Crippen LogP contribution < -0.4 is 4.74 Å². The number of benzene rings is 1. The summed E-state index contributed by atoms with van der Waals surface area (Å²) in [5.41, 5.74) is 5.61. The average molecular weight is 435 g/mol. The van der Waals surface area contributed by atoms with Crippen LogP contribution >= 0.6 is 0 Å². The van der Waals surface area contributed by atoms with Crippen molar-refractivity contribution in [2.24, 2.45) is 38.9 Å². The number of methoxy groups -OCH3 is 1. The van der Waals surface area contributed by atoms with E-state index in [-0.39, 0.29) is 10.8 Å². The molecule has 1 aromatic carbocycles. The fraction of sp³-hybridized carbons (Fsp3) is 0.556. The van der Waals surface area contributed by atoms with Gasteiger partial charge in [-0.15, -0.1) is 0 Å². The summed E-state index contributed by atoms with van der Waals surface area (Å²) in [6.07, 6.45) is 11.7. The van der Waals surface area contributed by atoms with Crippen LogP contribution in [0.1, 0.15) is 64.4 Å². The number of nitrogens with zero attached hydrogens (tertiary/aromatic N) is 2. The van der Waals surface area contributed by atoms with E-state index in [0.717, 1.165) is 61.3 Å². The molecule has 0 aromatic heterocycles. The molecule has 0 unspecified atom stereocenters. The molecule has 32 heavy (non-hydrogen) atoms. The van der Waals surface area contributed by atoms with E-state index >= 15 is 0 Å². The fourth-order valence-corrected chi connectivity index (χ4v) is 7.55. The van der Waals surface area contributed by atoms with Crippen LogP contribution in [0.25, 0.3) is 6.08 Å². The molecule has 5 heteroatoms. The predicted molar refractivity (Wildman–Crippen MR) is 127 cm³/mol. The summed E-state index contributed by atoms with van der Waals surface area (Å²) in [6.45, 7) is 4.76. The third-order valence-corrected chi connectivity index (χ3v) is 9.34. The summed E-state index contributed by atoms with van der Waals surface area (Å²) < 4.78 is 5.29. The highest BCUT2D eigenvalue weighted by molar-refractivity contribution is 6.09. The molecule has 4 aliphatic carbocycles. The van der Waals surface area contributed by atoms with Crippen LogP contribution in [-0.4, -0.2) is 28.9 Å². The van der Waals surface area contributed by atoms with Gasteiger partial charge in [-0.05, 0) is 104 Å². The minimum absolute atomic E-state index is 0.0712. The lowest BCUT2D eigenvalue weighted by Gasteiger charge is -2.57. The lowest BCUT2D eigenvalue weighted by atomic mass is 9.47. The van der Waals surface area contributed by atoms with Crippen LogP contribution in [-0.2, 0) is 0 Å². The van der Waals surface area contributed by atoms with Crippen molar-refractivity contribution < 1.29 is 15.2 Å². The van der Waals surface area contributed by atoms with Crippen LogP contribution in [0.2, 0.25) is 0 Å². The molecule has 170 valence electrons. The molecule has 2 N–H and O–H groups in total. The highest BCUT2D eigenvalue weighted by Crippen LogP contribution is 2.65. The summed E-state index contributed by atoms with van der Waals surface area (Å²) >= 11 is 0. The van der Waals surface area contributed by atoms with E-state index in [2.05, 4.69) is 48.4 Å². The van der Waals surface area contributed by atoms with Gasteiger partial charge in [-0.1, -0.05) is 41.9 Å². The van der Waals surface area contributed by atoms with E-state index in [0.29, 0.717) is 17.8 Å². The number of hydrogen-bond donors (Lipinski definition) is 2. The van der Waals surface area contributed by atoms with E-state index in [4.69, 9.17) is 4.74 Å². The van der Waals surface area contributed by atoms with Gasteiger partial charge in [-0.2, -0.15) is 0 Å².